The predicted molar refractivity (Wildman–Crippen MR) is 121 cm³/mol. The lowest BCUT2D eigenvalue weighted by Crippen LogP contribution is -2.08. The van der Waals surface area contributed by atoms with Crippen molar-refractivity contribution < 1.29 is 14.6 Å². The number of nitrogens with zero attached hydrogens (tertiary/aromatic N) is 3. The average Bonchev–Trinajstić information content (AvgIpc) is 3.25. The number of aromatic nitrogens is 3. The van der Waals surface area contributed by atoms with Crippen LogP contribution in [-0.4, -0.2) is 32.7 Å². The molecule has 0 fully saturated rings. The highest BCUT2D eigenvalue weighted by Gasteiger charge is 2.18. The molecular weight excluding hydrogens is 410 g/mol. The third-order valence-corrected chi connectivity index (χ3v) is 5.70. The molecule has 0 saturated carbocycles. The highest BCUT2D eigenvalue weighted by molar-refractivity contribution is 7.99. The summed E-state index contributed by atoms with van der Waals surface area (Å²) in [6.07, 6.45) is -0.703. The molecule has 3 aromatic carbocycles. The van der Waals surface area contributed by atoms with Gasteiger partial charge in [0.2, 0.25) is 0 Å². The van der Waals surface area contributed by atoms with Gasteiger partial charge in [-0.3, -0.25) is 4.57 Å². The Balaban J connectivity index is 1.55. The van der Waals surface area contributed by atoms with Crippen molar-refractivity contribution in [2.75, 3.05) is 12.9 Å². The van der Waals surface area contributed by atoms with E-state index in [0.29, 0.717) is 22.5 Å². The lowest BCUT2D eigenvalue weighted by atomic mass is 10.1. The van der Waals surface area contributed by atoms with Crippen molar-refractivity contribution in [3.8, 4) is 17.2 Å². The molecule has 31 heavy (non-hydrogen) atoms. The molecule has 4 aromatic rings. The highest BCUT2D eigenvalue weighted by atomic mass is 32.2. The van der Waals surface area contributed by atoms with Crippen LogP contribution in [0.3, 0.4) is 0 Å². The Bertz CT molecular complexity index is 1100. The largest absolute Gasteiger partial charge is 0.496 e. The van der Waals surface area contributed by atoms with Gasteiger partial charge >= 0.3 is 0 Å². The quantitative estimate of drug-likeness (QED) is 0.387. The van der Waals surface area contributed by atoms with Crippen molar-refractivity contribution in [2.45, 2.75) is 17.9 Å². The maximum absolute atomic E-state index is 10.7. The lowest BCUT2D eigenvalue weighted by molar-refractivity contribution is 0.199. The zero-order valence-electron chi connectivity index (χ0n) is 17.1. The van der Waals surface area contributed by atoms with Gasteiger partial charge in [-0.05, 0) is 30.3 Å². The smallest absolute Gasteiger partial charge is 0.196 e. The standard InChI is InChI=1S/C24H23N3O3S/c1-29-22-15-9-8-14-20(22)21(28)17-31-24-26-25-23(16-30-19-12-6-3-7-13-19)27(24)18-10-4-2-5-11-18/h2-15,21,28H,16-17H2,1H3/t21-/m0/s1. The Morgan fingerprint density at radius 3 is 2.32 bits per heavy atom. The van der Waals surface area contributed by atoms with E-state index in [4.69, 9.17) is 9.47 Å². The van der Waals surface area contributed by atoms with Gasteiger partial charge in [0.25, 0.3) is 0 Å². The van der Waals surface area contributed by atoms with Gasteiger partial charge < -0.3 is 14.6 Å². The molecule has 0 radical (unpaired) electrons. The molecule has 6 nitrogen and oxygen atoms in total. The number of ether oxygens (including phenoxy) is 2. The molecule has 0 aliphatic carbocycles. The zero-order valence-corrected chi connectivity index (χ0v) is 17.9. The van der Waals surface area contributed by atoms with Crippen LogP contribution in [0.5, 0.6) is 11.5 Å². The fourth-order valence-corrected chi connectivity index (χ4v) is 4.10. The molecule has 0 unspecified atom stereocenters. The third kappa shape index (κ3) is 5.07. The van der Waals surface area contributed by atoms with Crippen molar-refractivity contribution in [1.29, 1.82) is 0 Å². The molecule has 4 rings (SSSR count). The van der Waals surface area contributed by atoms with Gasteiger partial charge in [-0.1, -0.05) is 66.4 Å². The first-order valence-corrected chi connectivity index (χ1v) is 10.9. The molecule has 0 saturated heterocycles. The van der Waals surface area contributed by atoms with E-state index < -0.39 is 6.10 Å². The molecule has 1 N–H and O–H groups in total. The minimum Gasteiger partial charge on any atom is -0.496 e. The summed E-state index contributed by atoms with van der Waals surface area (Å²) >= 11 is 1.43. The Hall–Kier alpha value is -3.29. The van der Waals surface area contributed by atoms with Gasteiger partial charge in [0, 0.05) is 17.0 Å². The molecule has 0 amide bonds. The molecule has 7 heteroatoms. The van der Waals surface area contributed by atoms with Crippen molar-refractivity contribution in [1.82, 2.24) is 14.8 Å². The molecule has 1 aromatic heterocycles. The maximum Gasteiger partial charge on any atom is 0.196 e. The molecule has 0 spiro atoms. The van der Waals surface area contributed by atoms with E-state index in [1.165, 1.54) is 11.8 Å². The maximum atomic E-state index is 10.7. The van der Waals surface area contributed by atoms with E-state index in [-0.39, 0.29) is 6.61 Å². The molecular formula is C24H23N3O3S. The van der Waals surface area contributed by atoms with Crippen molar-refractivity contribution in [2.24, 2.45) is 0 Å². The van der Waals surface area contributed by atoms with Crippen molar-refractivity contribution >= 4 is 11.8 Å². The van der Waals surface area contributed by atoms with Crippen LogP contribution in [0.2, 0.25) is 0 Å². The van der Waals surface area contributed by atoms with E-state index in [2.05, 4.69) is 10.2 Å². The molecule has 0 aliphatic heterocycles. The van der Waals surface area contributed by atoms with Gasteiger partial charge in [0.1, 0.15) is 18.1 Å². The summed E-state index contributed by atoms with van der Waals surface area (Å²) in [5.74, 6) is 2.53. The SMILES string of the molecule is COc1ccccc1[C@@H](O)CSc1nnc(COc2ccccc2)n1-c1ccccc1. The van der Waals surface area contributed by atoms with Crippen LogP contribution in [0.15, 0.2) is 90.1 Å². The summed E-state index contributed by atoms with van der Waals surface area (Å²) in [5.41, 5.74) is 1.68. The van der Waals surface area contributed by atoms with Gasteiger partial charge in [0.05, 0.1) is 13.2 Å². The fourth-order valence-electron chi connectivity index (χ4n) is 3.17. The second kappa shape index (κ2) is 10.1. The predicted octanol–water partition coefficient (Wildman–Crippen LogP) is 4.68. The molecule has 1 atom stereocenters. The normalized spacial score (nSPS) is 11.8. The number of rotatable bonds is 9. The van der Waals surface area contributed by atoms with Crippen LogP contribution in [-0.2, 0) is 6.61 Å². The second-order valence-electron chi connectivity index (χ2n) is 6.74. The van der Waals surface area contributed by atoms with E-state index in [1.807, 2.05) is 89.5 Å². The minimum absolute atomic E-state index is 0.279. The van der Waals surface area contributed by atoms with Crippen LogP contribution in [0, 0.1) is 0 Å². The average molecular weight is 434 g/mol. The summed E-state index contributed by atoms with van der Waals surface area (Å²) in [5, 5.41) is 20.1. The van der Waals surface area contributed by atoms with Gasteiger partial charge in [-0.25, -0.2) is 0 Å². The number of hydrogen-bond acceptors (Lipinski definition) is 6. The monoisotopic (exact) mass is 433 g/mol. The summed E-state index contributed by atoms with van der Waals surface area (Å²) in [7, 11) is 1.60. The van der Waals surface area contributed by atoms with Crippen LogP contribution in [0.1, 0.15) is 17.5 Å². The van der Waals surface area contributed by atoms with Gasteiger partial charge in [-0.2, -0.15) is 0 Å². The van der Waals surface area contributed by atoms with Crippen LogP contribution < -0.4 is 9.47 Å². The number of hydrogen-bond donors (Lipinski definition) is 1. The topological polar surface area (TPSA) is 69.4 Å². The van der Waals surface area contributed by atoms with E-state index in [0.717, 1.165) is 17.0 Å². The Morgan fingerprint density at radius 1 is 0.903 bits per heavy atom. The lowest BCUT2D eigenvalue weighted by Gasteiger charge is -2.15. The second-order valence-corrected chi connectivity index (χ2v) is 7.73. The highest BCUT2D eigenvalue weighted by Crippen LogP contribution is 2.30. The summed E-state index contributed by atoms with van der Waals surface area (Å²) in [6, 6.07) is 27.0. The number of benzene rings is 3. The molecule has 158 valence electrons. The van der Waals surface area contributed by atoms with Gasteiger partial charge in [0.15, 0.2) is 11.0 Å². The van der Waals surface area contributed by atoms with E-state index in [9.17, 15) is 5.11 Å². The minimum atomic E-state index is -0.703. The number of para-hydroxylation sites is 3. The molecule has 0 aliphatic rings. The summed E-state index contributed by atoms with van der Waals surface area (Å²) in [6.45, 7) is 0.279. The van der Waals surface area contributed by atoms with Crippen LogP contribution in [0.25, 0.3) is 5.69 Å². The van der Waals surface area contributed by atoms with Crippen LogP contribution >= 0.6 is 11.8 Å². The summed E-state index contributed by atoms with van der Waals surface area (Å²) < 4.78 is 13.2. The van der Waals surface area contributed by atoms with Gasteiger partial charge in [-0.15, -0.1) is 10.2 Å². The van der Waals surface area contributed by atoms with Crippen LogP contribution in [0.4, 0.5) is 0 Å². The van der Waals surface area contributed by atoms with E-state index in [1.54, 1.807) is 7.11 Å². The van der Waals surface area contributed by atoms with E-state index >= 15 is 0 Å². The number of methoxy groups -OCH3 is 1. The third-order valence-electron chi connectivity index (χ3n) is 4.69. The Labute approximate surface area is 185 Å². The van der Waals surface area contributed by atoms with Crippen molar-refractivity contribution in [3.05, 3.63) is 96.3 Å². The fraction of sp³-hybridized carbons (Fsp3) is 0.167. The molecule has 1 heterocycles. The number of thioether (sulfide) groups is 1. The first-order valence-electron chi connectivity index (χ1n) is 9.87. The Morgan fingerprint density at radius 2 is 1.58 bits per heavy atom. The summed E-state index contributed by atoms with van der Waals surface area (Å²) in [4.78, 5) is 0. The molecule has 0 bridgehead atoms. The Kier molecular flexibility index (Phi) is 6.86. The first-order chi connectivity index (χ1) is 15.3. The van der Waals surface area contributed by atoms with Crippen molar-refractivity contribution in [3.63, 3.8) is 0 Å². The number of aliphatic hydroxyl groups excluding tert-OH is 1. The zero-order chi connectivity index (χ0) is 21.5. The first kappa shape index (κ1) is 21.0. The number of aliphatic hydroxyl groups is 1.